The number of phenolic OH excluding ortho intramolecular Hbond substituents is 1. The molecule has 0 aliphatic carbocycles. The van der Waals surface area contributed by atoms with Gasteiger partial charge in [0, 0.05) is 13.6 Å². The third-order valence-electron chi connectivity index (χ3n) is 3.64. The summed E-state index contributed by atoms with van der Waals surface area (Å²) in [5.41, 5.74) is 1.86. The number of aromatic hydroxyl groups is 1. The van der Waals surface area contributed by atoms with Gasteiger partial charge in [0.2, 0.25) is 0 Å². The quantitative estimate of drug-likeness (QED) is 0.858. The van der Waals surface area contributed by atoms with Crippen molar-refractivity contribution in [1.82, 2.24) is 4.90 Å². The van der Waals surface area contributed by atoms with E-state index in [0.717, 1.165) is 11.1 Å². The van der Waals surface area contributed by atoms with Gasteiger partial charge in [-0.25, -0.2) is 4.79 Å². The molecular weight excluding hydrogens is 306 g/mol. The average Bonchev–Trinajstić information content (AvgIpc) is 2.57. The summed E-state index contributed by atoms with van der Waals surface area (Å²) in [6.45, 7) is 3.75. The van der Waals surface area contributed by atoms with Crippen LogP contribution in [0.2, 0.25) is 0 Å². The Morgan fingerprint density at radius 3 is 2.50 bits per heavy atom. The number of hydrogen-bond donors (Lipinski definition) is 1. The van der Waals surface area contributed by atoms with E-state index >= 15 is 0 Å². The predicted molar refractivity (Wildman–Crippen MR) is 90.6 cm³/mol. The molecule has 0 heterocycles. The molecule has 1 amide bonds. The number of hydrogen-bond acceptors (Lipinski definition) is 4. The van der Waals surface area contributed by atoms with E-state index in [1.165, 1.54) is 24.0 Å². The molecule has 5 nitrogen and oxygen atoms in total. The highest BCUT2D eigenvalue weighted by atomic mass is 16.5. The zero-order chi connectivity index (χ0) is 17.7. The van der Waals surface area contributed by atoms with Crippen molar-refractivity contribution in [3.63, 3.8) is 0 Å². The second-order valence-electron chi connectivity index (χ2n) is 5.75. The number of likely N-dealkylation sites (N-methyl/N-ethyl adjacent to an activating group) is 1. The minimum Gasteiger partial charge on any atom is -0.507 e. The van der Waals surface area contributed by atoms with Crippen LogP contribution in [0.5, 0.6) is 5.75 Å². The van der Waals surface area contributed by atoms with Crippen LogP contribution in [0, 0.1) is 6.92 Å². The highest BCUT2D eigenvalue weighted by molar-refractivity contribution is 5.94. The third-order valence-corrected chi connectivity index (χ3v) is 3.64. The molecule has 0 aliphatic rings. The van der Waals surface area contributed by atoms with Crippen LogP contribution in [0.15, 0.2) is 48.5 Å². The first-order valence-corrected chi connectivity index (χ1v) is 7.68. The van der Waals surface area contributed by atoms with Crippen LogP contribution in [-0.2, 0) is 16.1 Å². The van der Waals surface area contributed by atoms with Crippen molar-refractivity contribution in [2.75, 3.05) is 7.05 Å². The van der Waals surface area contributed by atoms with E-state index in [2.05, 4.69) is 0 Å². The standard InChI is InChI=1S/C19H21NO4/c1-13-9-10-17(21)16(11-13)19(23)24-14(2)18(22)20(3)12-15-7-5-4-6-8-15/h4-11,14,21H,12H2,1-3H3/t14-/m0/s1. The van der Waals surface area contributed by atoms with E-state index in [1.54, 1.807) is 20.0 Å². The lowest BCUT2D eigenvalue weighted by atomic mass is 10.1. The van der Waals surface area contributed by atoms with Gasteiger partial charge in [0.1, 0.15) is 11.3 Å². The Kier molecular flexibility index (Phi) is 5.58. The number of carbonyl (C=O) groups is 2. The number of carbonyl (C=O) groups excluding carboxylic acids is 2. The van der Waals surface area contributed by atoms with E-state index < -0.39 is 12.1 Å². The van der Waals surface area contributed by atoms with Crippen molar-refractivity contribution < 1.29 is 19.4 Å². The van der Waals surface area contributed by atoms with E-state index in [1.807, 2.05) is 30.3 Å². The van der Waals surface area contributed by atoms with Gasteiger partial charge in [-0.05, 0) is 31.5 Å². The maximum absolute atomic E-state index is 12.4. The smallest absolute Gasteiger partial charge is 0.342 e. The van der Waals surface area contributed by atoms with Gasteiger partial charge >= 0.3 is 5.97 Å². The molecule has 5 heteroatoms. The van der Waals surface area contributed by atoms with Crippen LogP contribution in [0.4, 0.5) is 0 Å². The van der Waals surface area contributed by atoms with Gasteiger partial charge in [0.05, 0.1) is 0 Å². The first kappa shape index (κ1) is 17.5. The van der Waals surface area contributed by atoms with Crippen LogP contribution >= 0.6 is 0 Å². The summed E-state index contributed by atoms with van der Waals surface area (Å²) >= 11 is 0. The van der Waals surface area contributed by atoms with Gasteiger partial charge in [-0.3, -0.25) is 4.79 Å². The first-order chi connectivity index (χ1) is 11.4. The summed E-state index contributed by atoms with van der Waals surface area (Å²) in [7, 11) is 1.66. The molecule has 0 unspecified atom stereocenters. The van der Waals surface area contributed by atoms with Crippen molar-refractivity contribution in [1.29, 1.82) is 0 Å². The zero-order valence-electron chi connectivity index (χ0n) is 14.0. The second-order valence-corrected chi connectivity index (χ2v) is 5.75. The number of nitrogens with zero attached hydrogens (tertiary/aromatic N) is 1. The number of phenols is 1. The van der Waals surface area contributed by atoms with Crippen molar-refractivity contribution in [3.8, 4) is 5.75 Å². The Labute approximate surface area is 141 Å². The van der Waals surface area contributed by atoms with Crippen molar-refractivity contribution in [2.24, 2.45) is 0 Å². The van der Waals surface area contributed by atoms with Gasteiger partial charge in [0.15, 0.2) is 6.10 Å². The Bertz CT molecular complexity index is 727. The van der Waals surface area contributed by atoms with Gasteiger partial charge in [-0.15, -0.1) is 0 Å². The largest absolute Gasteiger partial charge is 0.507 e. The molecule has 0 radical (unpaired) electrons. The summed E-state index contributed by atoms with van der Waals surface area (Å²) in [4.78, 5) is 26.0. The predicted octanol–water partition coefficient (Wildman–Crippen LogP) is 2.90. The fourth-order valence-electron chi connectivity index (χ4n) is 2.33. The maximum Gasteiger partial charge on any atom is 0.342 e. The van der Waals surface area contributed by atoms with E-state index in [0.29, 0.717) is 6.54 Å². The number of amides is 1. The average molecular weight is 327 g/mol. The summed E-state index contributed by atoms with van der Waals surface area (Å²) in [5.74, 6) is -1.19. The number of benzene rings is 2. The molecule has 0 aromatic heterocycles. The molecule has 1 N–H and O–H groups in total. The molecule has 0 bridgehead atoms. The van der Waals surface area contributed by atoms with E-state index in [4.69, 9.17) is 4.74 Å². The molecule has 2 aromatic rings. The molecule has 126 valence electrons. The number of ether oxygens (including phenoxy) is 1. The summed E-state index contributed by atoms with van der Waals surface area (Å²) in [6, 6.07) is 14.2. The third kappa shape index (κ3) is 4.35. The van der Waals surface area contributed by atoms with Crippen LogP contribution in [-0.4, -0.2) is 35.0 Å². The molecular formula is C19H21NO4. The lowest BCUT2D eigenvalue weighted by molar-refractivity contribution is -0.139. The minimum absolute atomic E-state index is 0.0559. The normalized spacial score (nSPS) is 11.6. The SMILES string of the molecule is Cc1ccc(O)c(C(=O)O[C@@H](C)C(=O)N(C)Cc2ccccc2)c1. The number of esters is 1. The van der Waals surface area contributed by atoms with Gasteiger partial charge in [-0.2, -0.15) is 0 Å². The molecule has 0 saturated heterocycles. The number of rotatable bonds is 5. The molecule has 0 fully saturated rings. The molecule has 0 aliphatic heterocycles. The zero-order valence-corrected chi connectivity index (χ0v) is 14.0. The Morgan fingerprint density at radius 2 is 1.83 bits per heavy atom. The van der Waals surface area contributed by atoms with Crippen LogP contribution in [0.25, 0.3) is 0 Å². The second kappa shape index (κ2) is 7.64. The molecule has 0 saturated carbocycles. The monoisotopic (exact) mass is 327 g/mol. The Morgan fingerprint density at radius 1 is 1.17 bits per heavy atom. The van der Waals surface area contributed by atoms with Gasteiger partial charge < -0.3 is 14.7 Å². The van der Waals surface area contributed by atoms with Crippen molar-refractivity contribution in [2.45, 2.75) is 26.5 Å². The fraction of sp³-hybridized carbons (Fsp3) is 0.263. The van der Waals surface area contributed by atoms with Gasteiger partial charge in [-0.1, -0.05) is 42.0 Å². The molecule has 2 rings (SSSR count). The van der Waals surface area contributed by atoms with E-state index in [9.17, 15) is 14.7 Å². The van der Waals surface area contributed by atoms with Crippen LogP contribution in [0.1, 0.15) is 28.4 Å². The van der Waals surface area contributed by atoms with E-state index in [-0.39, 0.29) is 17.2 Å². The summed E-state index contributed by atoms with van der Waals surface area (Å²) in [6.07, 6.45) is -0.939. The van der Waals surface area contributed by atoms with Crippen molar-refractivity contribution >= 4 is 11.9 Å². The molecule has 1 atom stereocenters. The first-order valence-electron chi connectivity index (χ1n) is 7.68. The van der Waals surface area contributed by atoms with Crippen molar-refractivity contribution in [3.05, 3.63) is 65.2 Å². The maximum atomic E-state index is 12.4. The minimum atomic E-state index is -0.939. The summed E-state index contributed by atoms with van der Waals surface area (Å²) < 4.78 is 5.20. The lowest BCUT2D eigenvalue weighted by Gasteiger charge is -2.21. The number of aryl methyl sites for hydroxylation is 1. The highest BCUT2D eigenvalue weighted by Crippen LogP contribution is 2.20. The molecule has 0 spiro atoms. The molecule has 24 heavy (non-hydrogen) atoms. The van der Waals surface area contributed by atoms with Gasteiger partial charge in [0.25, 0.3) is 5.91 Å². The Balaban J connectivity index is 2.00. The highest BCUT2D eigenvalue weighted by Gasteiger charge is 2.23. The molecule has 2 aromatic carbocycles. The lowest BCUT2D eigenvalue weighted by Crippen LogP contribution is -2.37. The van der Waals surface area contributed by atoms with Crippen LogP contribution in [0.3, 0.4) is 0 Å². The fourth-order valence-corrected chi connectivity index (χ4v) is 2.33. The Hall–Kier alpha value is -2.82. The van der Waals surface area contributed by atoms with Crippen LogP contribution < -0.4 is 0 Å². The topological polar surface area (TPSA) is 66.8 Å². The summed E-state index contributed by atoms with van der Waals surface area (Å²) in [5, 5.41) is 9.76.